The summed E-state index contributed by atoms with van der Waals surface area (Å²) in [6.45, 7) is 2.66. The molecule has 3 atom stereocenters. The van der Waals surface area contributed by atoms with Crippen LogP contribution in [0.5, 0.6) is 0 Å². The largest absolute Gasteiger partial charge is 0.480 e. The van der Waals surface area contributed by atoms with Crippen molar-refractivity contribution in [2.45, 2.75) is 44.6 Å². The van der Waals surface area contributed by atoms with Gasteiger partial charge < -0.3 is 10.0 Å². The van der Waals surface area contributed by atoms with Gasteiger partial charge in [-0.1, -0.05) is 37.6 Å². The number of hydrogen-bond acceptors (Lipinski definition) is 2. The molecule has 0 aromatic heterocycles. The monoisotopic (exact) mass is 287 g/mol. The third kappa shape index (κ3) is 2.43. The third-order valence-electron chi connectivity index (χ3n) is 5.01. The van der Waals surface area contributed by atoms with Gasteiger partial charge in [0, 0.05) is 6.54 Å². The van der Waals surface area contributed by atoms with Crippen molar-refractivity contribution in [2.75, 3.05) is 6.54 Å². The van der Waals surface area contributed by atoms with Crippen LogP contribution < -0.4 is 0 Å². The molecule has 0 spiro atoms. The molecule has 1 heterocycles. The minimum atomic E-state index is -0.867. The topological polar surface area (TPSA) is 57.6 Å². The highest BCUT2D eigenvalue weighted by Gasteiger charge is 2.41. The minimum absolute atomic E-state index is 0.00402. The number of rotatable bonds is 3. The van der Waals surface area contributed by atoms with Crippen LogP contribution in [0.15, 0.2) is 24.3 Å². The highest BCUT2D eigenvalue weighted by Crippen LogP contribution is 2.38. The Balaban J connectivity index is 1.77. The second-order valence-electron chi connectivity index (χ2n) is 6.14. The third-order valence-corrected chi connectivity index (χ3v) is 5.01. The molecule has 3 unspecified atom stereocenters. The van der Waals surface area contributed by atoms with E-state index in [0.29, 0.717) is 18.9 Å². The fourth-order valence-corrected chi connectivity index (χ4v) is 3.59. The van der Waals surface area contributed by atoms with Gasteiger partial charge in [0.1, 0.15) is 6.04 Å². The van der Waals surface area contributed by atoms with E-state index >= 15 is 0 Å². The van der Waals surface area contributed by atoms with Gasteiger partial charge in [-0.05, 0) is 36.3 Å². The molecule has 2 aliphatic rings. The van der Waals surface area contributed by atoms with Crippen molar-refractivity contribution < 1.29 is 14.7 Å². The fourth-order valence-electron chi connectivity index (χ4n) is 3.59. The first kappa shape index (κ1) is 14.1. The summed E-state index contributed by atoms with van der Waals surface area (Å²) in [6, 6.07) is 7.29. The Bertz CT molecular complexity index is 569. The van der Waals surface area contributed by atoms with Crippen LogP contribution in [0, 0.1) is 5.92 Å². The smallest absolute Gasteiger partial charge is 0.326 e. The normalized spacial score (nSPS) is 27.7. The van der Waals surface area contributed by atoms with Crippen LogP contribution in [-0.4, -0.2) is 34.5 Å². The number of carboxylic acid groups (broad SMARTS) is 1. The van der Waals surface area contributed by atoms with E-state index in [4.69, 9.17) is 0 Å². The maximum absolute atomic E-state index is 12.7. The summed E-state index contributed by atoms with van der Waals surface area (Å²) in [4.78, 5) is 25.8. The van der Waals surface area contributed by atoms with Crippen LogP contribution in [0.2, 0.25) is 0 Å². The lowest BCUT2D eigenvalue weighted by Crippen LogP contribution is -2.52. The molecule has 1 aliphatic heterocycles. The van der Waals surface area contributed by atoms with Gasteiger partial charge >= 0.3 is 5.97 Å². The lowest BCUT2D eigenvalue weighted by atomic mass is 9.76. The van der Waals surface area contributed by atoms with E-state index in [-0.39, 0.29) is 11.8 Å². The molecule has 21 heavy (non-hydrogen) atoms. The summed E-state index contributed by atoms with van der Waals surface area (Å²) >= 11 is 0. The first-order chi connectivity index (χ1) is 10.1. The number of nitrogens with zero attached hydrogens (tertiary/aromatic N) is 1. The van der Waals surface area contributed by atoms with Gasteiger partial charge in [0.05, 0.1) is 5.92 Å². The molecule has 1 aromatic carbocycles. The van der Waals surface area contributed by atoms with Gasteiger partial charge in [-0.2, -0.15) is 0 Å². The Morgan fingerprint density at radius 3 is 2.76 bits per heavy atom. The molecule has 3 rings (SSSR count). The van der Waals surface area contributed by atoms with E-state index in [0.717, 1.165) is 24.8 Å². The van der Waals surface area contributed by atoms with Crippen LogP contribution in [0.25, 0.3) is 0 Å². The summed E-state index contributed by atoms with van der Waals surface area (Å²) < 4.78 is 0. The molecule has 112 valence electrons. The summed E-state index contributed by atoms with van der Waals surface area (Å²) in [7, 11) is 0. The van der Waals surface area contributed by atoms with Crippen LogP contribution >= 0.6 is 0 Å². The molecule has 1 amide bonds. The Hall–Kier alpha value is -1.84. The van der Waals surface area contributed by atoms with E-state index in [1.807, 2.05) is 24.3 Å². The van der Waals surface area contributed by atoms with Gasteiger partial charge in [-0.15, -0.1) is 0 Å². The van der Waals surface area contributed by atoms with E-state index in [1.54, 1.807) is 4.90 Å². The lowest BCUT2D eigenvalue weighted by molar-refractivity contribution is -0.154. The van der Waals surface area contributed by atoms with E-state index in [9.17, 15) is 14.7 Å². The van der Waals surface area contributed by atoms with Crippen molar-refractivity contribution in [3.05, 3.63) is 35.4 Å². The number of aliphatic carboxylic acids is 1. The first-order valence-electron chi connectivity index (χ1n) is 7.73. The number of amides is 1. The summed E-state index contributed by atoms with van der Waals surface area (Å²) in [5, 5.41) is 9.44. The Morgan fingerprint density at radius 1 is 1.33 bits per heavy atom. The number of carbonyl (C=O) groups excluding carboxylic acids is 1. The van der Waals surface area contributed by atoms with Crippen molar-refractivity contribution in [3.63, 3.8) is 0 Å². The molecule has 4 nitrogen and oxygen atoms in total. The Labute approximate surface area is 124 Å². The Kier molecular flexibility index (Phi) is 3.70. The molecule has 1 saturated heterocycles. The summed E-state index contributed by atoms with van der Waals surface area (Å²) in [5.74, 6) is -0.588. The zero-order valence-corrected chi connectivity index (χ0v) is 12.3. The number of likely N-dealkylation sites (tertiary alicyclic amines) is 1. The maximum Gasteiger partial charge on any atom is 0.326 e. The summed E-state index contributed by atoms with van der Waals surface area (Å²) in [6.07, 6.45) is 3.24. The van der Waals surface area contributed by atoms with Crippen molar-refractivity contribution in [2.24, 2.45) is 5.92 Å². The second kappa shape index (κ2) is 5.51. The van der Waals surface area contributed by atoms with Crippen molar-refractivity contribution in [3.8, 4) is 0 Å². The number of hydrogen-bond donors (Lipinski definition) is 1. The average molecular weight is 287 g/mol. The number of benzene rings is 1. The van der Waals surface area contributed by atoms with Crippen molar-refractivity contribution >= 4 is 11.9 Å². The van der Waals surface area contributed by atoms with Gasteiger partial charge in [0.2, 0.25) is 5.91 Å². The van der Waals surface area contributed by atoms with Crippen molar-refractivity contribution in [1.82, 2.24) is 4.90 Å². The molecule has 1 N–H and O–H groups in total. The number of piperidine rings is 1. The molecule has 0 saturated carbocycles. The van der Waals surface area contributed by atoms with Crippen LogP contribution in [0.3, 0.4) is 0 Å². The lowest BCUT2D eigenvalue weighted by Gasteiger charge is -2.41. The highest BCUT2D eigenvalue weighted by atomic mass is 16.4. The fraction of sp³-hybridized carbons (Fsp3) is 0.529. The predicted octanol–water partition coefficient (Wildman–Crippen LogP) is 2.43. The predicted molar refractivity (Wildman–Crippen MR) is 79.0 cm³/mol. The minimum Gasteiger partial charge on any atom is -0.480 e. The first-order valence-corrected chi connectivity index (χ1v) is 7.73. The van der Waals surface area contributed by atoms with E-state index in [1.165, 1.54) is 5.56 Å². The van der Waals surface area contributed by atoms with Gasteiger partial charge in [0.15, 0.2) is 0 Å². The molecule has 0 bridgehead atoms. The van der Waals surface area contributed by atoms with Gasteiger partial charge in [0.25, 0.3) is 0 Å². The Morgan fingerprint density at radius 2 is 2.10 bits per heavy atom. The van der Waals surface area contributed by atoms with Crippen LogP contribution in [0.4, 0.5) is 0 Å². The van der Waals surface area contributed by atoms with E-state index in [2.05, 4.69) is 6.92 Å². The zero-order valence-electron chi connectivity index (χ0n) is 12.3. The quantitative estimate of drug-likeness (QED) is 0.929. The van der Waals surface area contributed by atoms with Crippen LogP contribution in [-0.2, 0) is 16.0 Å². The molecule has 0 radical (unpaired) electrons. The number of fused-ring (bicyclic) bond motifs is 1. The number of carbonyl (C=O) groups is 2. The van der Waals surface area contributed by atoms with Gasteiger partial charge in [-0.3, -0.25) is 4.79 Å². The molecular formula is C17H21NO3. The zero-order chi connectivity index (χ0) is 15.0. The van der Waals surface area contributed by atoms with Crippen molar-refractivity contribution in [1.29, 1.82) is 0 Å². The molecule has 1 fully saturated rings. The maximum atomic E-state index is 12.7. The van der Waals surface area contributed by atoms with Gasteiger partial charge in [-0.25, -0.2) is 4.79 Å². The molecule has 1 aromatic rings. The average Bonchev–Trinajstić information content (AvgIpc) is 2.47. The molecule has 1 aliphatic carbocycles. The standard InChI is InChI=1S/C17H21NO3/c1-2-11-7-8-18(15(9-11)17(20)21)16(19)14-10-12-5-3-4-6-13(12)14/h3-6,11,14-15H,2,7-10H2,1H3,(H,20,21). The highest BCUT2D eigenvalue weighted by molar-refractivity contribution is 5.90. The number of carboxylic acids is 1. The second-order valence-corrected chi connectivity index (χ2v) is 6.14. The van der Waals surface area contributed by atoms with Crippen LogP contribution in [0.1, 0.15) is 43.2 Å². The van der Waals surface area contributed by atoms with E-state index < -0.39 is 12.0 Å². The summed E-state index contributed by atoms with van der Waals surface area (Å²) in [5.41, 5.74) is 2.29. The molecule has 4 heteroatoms. The molecular weight excluding hydrogens is 266 g/mol. The SMILES string of the molecule is CCC1CCN(C(=O)C2Cc3ccccc32)C(C(=O)O)C1.